The molecule has 0 spiro atoms. The molecule has 1 aliphatic heterocycles. The highest BCUT2D eigenvalue weighted by molar-refractivity contribution is 9.10. The lowest BCUT2D eigenvalue weighted by Gasteiger charge is -2.20. The molecular formula is C9H6BrFN2O2. The van der Waals surface area contributed by atoms with Crippen LogP contribution in [-0.4, -0.2) is 11.0 Å². The van der Waals surface area contributed by atoms with Gasteiger partial charge in [0.25, 0.3) is 5.91 Å². The molecule has 1 heterocycles. The first-order valence-corrected chi connectivity index (χ1v) is 4.83. The van der Waals surface area contributed by atoms with Crippen molar-refractivity contribution in [1.82, 2.24) is 0 Å². The maximum Gasteiger partial charge on any atom is 0.275 e. The van der Waals surface area contributed by atoms with Crippen LogP contribution in [0.1, 0.15) is 0 Å². The van der Waals surface area contributed by atoms with Gasteiger partial charge >= 0.3 is 0 Å². The van der Waals surface area contributed by atoms with Gasteiger partial charge in [0.2, 0.25) is 0 Å². The summed E-state index contributed by atoms with van der Waals surface area (Å²) in [7, 11) is 0. The van der Waals surface area contributed by atoms with Crippen molar-refractivity contribution < 1.29 is 14.3 Å². The van der Waals surface area contributed by atoms with E-state index >= 15 is 0 Å². The third kappa shape index (κ3) is 1.68. The predicted octanol–water partition coefficient (Wildman–Crippen LogP) is 2.35. The number of aliphatic hydroxyl groups excluding tert-OH is 1. The molecule has 2 rings (SSSR count). The highest BCUT2D eigenvalue weighted by Crippen LogP contribution is 2.33. The number of nitrogens with one attached hydrogen (secondary N) is 2. The maximum absolute atomic E-state index is 13.4. The zero-order valence-corrected chi connectivity index (χ0v) is 8.93. The number of hydrogen-bond acceptors (Lipinski definition) is 3. The summed E-state index contributed by atoms with van der Waals surface area (Å²) in [5.74, 6) is -1.12. The third-order valence-corrected chi connectivity index (χ3v) is 2.39. The van der Waals surface area contributed by atoms with Crippen molar-refractivity contribution in [1.29, 1.82) is 0 Å². The normalized spacial score (nSPS) is 16.9. The van der Waals surface area contributed by atoms with Crippen molar-refractivity contribution >= 4 is 33.2 Å². The summed E-state index contributed by atoms with van der Waals surface area (Å²) in [6.45, 7) is 0. The molecule has 78 valence electrons. The van der Waals surface area contributed by atoms with E-state index in [4.69, 9.17) is 5.11 Å². The average molecular weight is 273 g/mol. The summed E-state index contributed by atoms with van der Waals surface area (Å²) in [5.41, 5.74) is 0.440. The number of aliphatic hydroxyl groups is 1. The topological polar surface area (TPSA) is 61.4 Å². The van der Waals surface area contributed by atoms with Gasteiger partial charge in [-0.25, -0.2) is 4.39 Å². The largest absolute Gasteiger partial charge is 0.513 e. The number of halogens is 2. The minimum Gasteiger partial charge on any atom is -0.513 e. The van der Waals surface area contributed by atoms with Crippen LogP contribution in [0.4, 0.5) is 15.8 Å². The molecule has 0 radical (unpaired) electrons. The van der Waals surface area contributed by atoms with Crippen molar-refractivity contribution in [2.24, 2.45) is 0 Å². The first kappa shape index (κ1) is 9.97. The lowest BCUT2D eigenvalue weighted by atomic mass is 10.2. The summed E-state index contributed by atoms with van der Waals surface area (Å²) < 4.78 is 13.9. The molecule has 0 bridgehead atoms. The van der Waals surface area contributed by atoms with Gasteiger partial charge in [-0.15, -0.1) is 0 Å². The van der Waals surface area contributed by atoms with Crippen molar-refractivity contribution in [2.75, 3.05) is 10.6 Å². The number of amides is 1. The first-order chi connectivity index (χ1) is 7.11. The molecule has 6 heteroatoms. The molecule has 1 aromatic rings. The summed E-state index contributed by atoms with van der Waals surface area (Å²) in [6, 6.07) is 2.84. The second-order valence-electron chi connectivity index (χ2n) is 2.93. The molecule has 0 aliphatic carbocycles. The van der Waals surface area contributed by atoms with E-state index < -0.39 is 11.7 Å². The number of carbonyl (C=O) groups excluding carboxylic acids is 1. The van der Waals surface area contributed by atoms with Gasteiger partial charge in [-0.2, -0.15) is 0 Å². The third-order valence-electron chi connectivity index (χ3n) is 1.94. The Bertz CT molecular complexity index is 473. The van der Waals surface area contributed by atoms with Crippen molar-refractivity contribution in [3.8, 4) is 0 Å². The van der Waals surface area contributed by atoms with Crippen LogP contribution < -0.4 is 10.6 Å². The van der Waals surface area contributed by atoms with Crippen molar-refractivity contribution in [3.63, 3.8) is 0 Å². The second kappa shape index (κ2) is 3.54. The van der Waals surface area contributed by atoms with Gasteiger partial charge in [-0.3, -0.25) is 4.79 Å². The van der Waals surface area contributed by atoms with Crippen LogP contribution in [-0.2, 0) is 4.79 Å². The van der Waals surface area contributed by atoms with Crippen LogP contribution in [0.2, 0.25) is 0 Å². The van der Waals surface area contributed by atoms with Crippen molar-refractivity contribution in [2.45, 2.75) is 0 Å². The molecular weight excluding hydrogens is 267 g/mol. The van der Waals surface area contributed by atoms with E-state index in [1.165, 1.54) is 6.07 Å². The van der Waals surface area contributed by atoms with Gasteiger partial charge in [0, 0.05) is 4.47 Å². The van der Waals surface area contributed by atoms with Crippen LogP contribution in [0, 0.1) is 5.82 Å². The molecule has 0 saturated heterocycles. The van der Waals surface area contributed by atoms with E-state index in [-0.39, 0.29) is 11.4 Å². The lowest BCUT2D eigenvalue weighted by Crippen LogP contribution is -2.26. The standard InChI is InChI=1S/C9H6BrFN2O2/c10-4-1-5(11)8-6(2-4)12-7(3-14)9(15)13-8/h1-3,12,14H,(H,13,15). The Kier molecular flexibility index (Phi) is 2.36. The van der Waals surface area contributed by atoms with E-state index in [1.54, 1.807) is 6.07 Å². The molecule has 0 atom stereocenters. The molecule has 1 amide bonds. The molecule has 4 nitrogen and oxygen atoms in total. The Hall–Kier alpha value is -1.56. The Balaban J connectivity index is 2.54. The summed E-state index contributed by atoms with van der Waals surface area (Å²) >= 11 is 3.12. The van der Waals surface area contributed by atoms with Crippen LogP contribution >= 0.6 is 15.9 Å². The number of rotatable bonds is 0. The van der Waals surface area contributed by atoms with Gasteiger partial charge in [-0.05, 0) is 12.1 Å². The van der Waals surface area contributed by atoms with Crippen LogP contribution in [0.3, 0.4) is 0 Å². The fourth-order valence-corrected chi connectivity index (χ4v) is 1.70. The van der Waals surface area contributed by atoms with E-state index in [1.807, 2.05) is 0 Å². The Morgan fingerprint density at radius 1 is 1.40 bits per heavy atom. The highest BCUT2D eigenvalue weighted by Gasteiger charge is 2.22. The zero-order chi connectivity index (χ0) is 11.0. The monoisotopic (exact) mass is 272 g/mol. The minimum atomic E-state index is -0.578. The summed E-state index contributed by atoms with van der Waals surface area (Å²) in [5, 5.41) is 13.7. The first-order valence-electron chi connectivity index (χ1n) is 4.03. The van der Waals surface area contributed by atoms with Gasteiger partial charge in [0.15, 0.2) is 0 Å². The quantitative estimate of drug-likeness (QED) is 0.502. The van der Waals surface area contributed by atoms with Crippen LogP contribution in [0.15, 0.2) is 28.6 Å². The number of anilines is 2. The fraction of sp³-hybridized carbons (Fsp3) is 0. The molecule has 3 N–H and O–H groups in total. The number of benzene rings is 1. The second-order valence-corrected chi connectivity index (χ2v) is 3.85. The molecule has 0 fully saturated rings. The fourth-order valence-electron chi connectivity index (χ4n) is 1.27. The molecule has 15 heavy (non-hydrogen) atoms. The lowest BCUT2D eigenvalue weighted by molar-refractivity contribution is -0.112. The number of hydrogen-bond donors (Lipinski definition) is 3. The van der Waals surface area contributed by atoms with Crippen LogP contribution in [0.5, 0.6) is 0 Å². The predicted molar refractivity (Wildman–Crippen MR) is 57.1 cm³/mol. The Morgan fingerprint density at radius 3 is 2.80 bits per heavy atom. The SMILES string of the molecule is O=C1Nc2c(F)cc(Br)cc2NC1=CO. The minimum absolute atomic E-state index is 0.0278. The van der Waals surface area contributed by atoms with E-state index in [2.05, 4.69) is 26.6 Å². The highest BCUT2D eigenvalue weighted by atomic mass is 79.9. The average Bonchev–Trinajstić information content (AvgIpc) is 2.18. The Morgan fingerprint density at radius 2 is 2.13 bits per heavy atom. The van der Waals surface area contributed by atoms with E-state index in [9.17, 15) is 9.18 Å². The molecule has 1 aliphatic rings. The molecule has 0 unspecified atom stereocenters. The van der Waals surface area contributed by atoms with Gasteiger partial charge in [-0.1, -0.05) is 15.9 Å². The Labute approximate surface area is 92.9 Å². The molecule has 1 aromatic carbocycles. The van der Waals surface area contributed by atoms with Gasteiger partial charge < -0.3 is 15.7 Å². The van der Waals surface area contributed by atoms with Crippen LogP contribution in [0.25, 0.3) is 0 Å². The van der Waals surface area contributed by atoms with Gasteiger partial charge in [0.1, 0.15) is 23.5 Å². The van der Waals surface area contributed by atoms with E-state index in [0.717, 1.165) is 0 Å². The zero-order valence-electron chi connectivity index (χ0n) is 7.34. The molecule has 0 saturated carbocycles. The summed E-state index contributed by atoms with van der Waals surface area (Å²) in [4.78, 5) is 11.2. The van der Waals surface area contributed by atoms with E-state index in [0.29, 0.717) is 16.4 Å². The summed E-state index contributed by atoms with van der Waals surface area (Å²) in [6.07, 6.45) is 0.636. The van der Waals surface area contributed by atoms with Crippen molar-refractivity contribution in [3.05, 3.63) is 34.4 Å². The number of fused-ring (bicyclic) bond motifs is 1. The number of carbonyl (C=O) groups is 1. The smallest absolute Gasteiger partial charge is 0.275 e. The maximum atomic E-state index is 13.4. The van der Waals surface area contributed by atoms with Gasteiger partial charge in [0.05, 0.1) is 5.69 Å². The molecule has 0 aromatic heterocycles.